The van der Waals surface area contributed by atoms with Crippen molar-refractivity contribution < 1.29 is 0 Å². The zero-order chi connectivity index (χ0) is 12.7. The zero-order valence-corrected chi connectivity index (χ0v) is 11.4. The smallest absolute Gasteiger partial charge is 0.00509 e. The standard InChI is InChI=1S/C16H25N/c1-4-5-6-7-13(2)16-10-8-15(9-11-16)12-14(3)17/h7-11,14H,4-6,12,17H2,1-3H3/t14-/m1/s1. The van der Waals surface area contributed by atoms with Gasteiger partial charge in [0.15, 0.2) is 0 Å². The molecule has 0 aliphatic heterocycles. The first-order valence-corrected chi connectivity index (χ1v) is 6.65. The van der Waals surface area contributed by atoms with Gasteiger partial charge in [0.25, 0.3) is 0 Å². The van der Waals surface area contributed by atoms with Gasteiger partial charge in [-0.1, -0.05) is 50.1 Å². The molecule has 0 aliphatic rings. The lowest BCUT2D eigenvalue weighted by atomic mass is 10.0. The van der Waals surface area contributed by atoms with Gasteiger partial charge in [0.2, 0.25) is 0 Å². The third kappa shape index (κ3) is 5.18. The van der Waals surface area contributed by atoms with E-state index in [1.54, 1.807) is 0 Å². The number of benzene rings is 1. The van der Waals surface area contributed by atoms with Crippen LogP contribution in [0.25, 0.3) is 5.57 Å². The van der Waals surface area contributed by atoms with Crippen molar-refractivity contribution in [1.29, 1.82) is 0 Å². The fraction of sp³-hybridized carbons (Fsp3) is 0.500. The molecule has 0 spiro atoms. The molecule has 1 aromatic rings. The van der Waals surface area contributed by atoms with Crippen LogP contribution in [-0.2, 0) is 6.42 Å². The molecule has 1 nitrogen and oxygen atoms in total. The van der Waals surface area contributed by atoms with Crippen molar-refractivity contribution in [2.45, 2.75) is 52.5 Å². The maximum absolute atomic E-state index is 5.79. The minimum atomic E-state index is 0.238. The largest absolute Gasteiger partial charge is 0.328 e. The minimum absolute atomic E-state index is 0.238. The number of hydrogen-bond donors (Lipinski definition) is 1. The molecule has 0 unspecified atom stereocenters. The Balaban J connectivity index is 2.63. The summed E-state index contributed by atoms with van der Waals surface area (Å²) in [5, 5.41) is 0. The lowest BCUT2D eigenvalue weighted by Crippen LogP contribution is -2.17. The average Bonchev–Trinajstić information content (AvgIpc) is 2.29. The molecule has 0 saturated heterocycles. The lowest BCUT2D eigenvalue weighted by molar-refractivity contribution is 0.738. The number of hydrogen-bond acceptors (Lipinski definition) is 1. The fourth-order valence-electron chi connectivity index (χ4n) is 1.92. The number of unbranched alkanes of at least 4 members (excludes halogenated alkanes) is 2. The monoisotopic (exact) mass is 231 g/mol. The molecule has 0 bridgehead atoms. The number of nitrogens with two attached hydrogens (primary N) is 1. The van der Waals surface area contributed by atoms with Gasteiger partial charge in [0, 0.05) is 6.04 Å². The Morgan fingerprint density at radius 3 is 2.47 bits per heavy atom. The van der Waals surface area contributed by atoms with Crippen LogP contribution in [0.1, 0.15) is 51.2 Å². The molecule has 2 N–H and O–H groups in total. The van der Waals surface area contributed by atoms with Gasteiger partial charge in [0.1, 0.15) is 0 Å². The van der Waals surface area contributed by atoms with Gasteiger partial charge in [-0.25, -0.2) is 0 Å². The Bertz CT molecular complexity index is 346. The van der Waals surface area contributed by atoms with Gasteiger partial charge in [-0.05, 0) is 43.4 Å². The third-order valence-electron chi connectivity index (χ3n) is 2.98. The Kier molecular flexibility index (Phi) is 5.99. The fourth-order valence-corrected chi connectivity index (χ4v) is 1.92. The summed E-state index contributed by atoms with van der Waals surface area (Å²) in [6.45, 7) is 6.46. The molecular formula is C16H25N. The van der Waals surface area contributed by atoms with E-state index < -0.39 is 0 Å². The predicted octanol–water partition coefficient (Wildman–Crippen LogP) is 4.17. The second kappa shape index (κ2) is 7.29. The molecule has 1 atom stereocenters. The molecule has 17 heavy (non-hydrogen) atoms. The molecule has 0 saturated carbocycles. The molecule has 0 aliphatic carbocycles. The van der Waals surface area contributed by atoms with Crippen LogP contribution in [0.5, 0.6) is 0 Å². The van der Waals surface area contributed by atoms with Crippen molar-refractivity contribution >= 4 is 5.57 Å². The lowest BCUT2D eigenvalue weighted by Gasteiger charge is -2.07. The molecule has 1 aromatic carbocycles. The van der Waals surface area contributed by atoms with E-state index in [2.05, 4.69) is 44.2 Å². The van der Waals surface area contributed by atoms with Gasteiger partial charge >= 0.3 is 0 Å². The summed E-state index contributed by atoms with van der Waals surface area (Å²) < 4.78 is 0. The van der Waals surface area contributed by atoms with E-state index in [0.29, 0.717) is 0 Å². The minimum Gasteiger partial charge on any atom is -0.328 e. The van der Waals surface area contributed by atoms with Crippen LogP contribution in [0.4, 0.5) is 0 Å². The first-order valence-electron chi connectivity index (χ1n) is 6.65. The van der Waals surface area contributed by atoms with E-state index in [1.807, 2.05) is 6.92 Å². The molecule has 1 heteroatoms. The molecule has 94 valence electrons. The van der Waals surface area contributed by atoms with Crippen LogP contribution < -0.4 is 5.73 Å². The highest BCUT2D eigenvalue weighted by atomic mass is 14.6. The topological polar surface area (TPSA) is 26.0 Å². The maximum atomic E-state index is 5.79. The molecule has 0 radical (unpaired) electrons. The zero-order valence-electron chi connectivity index (χ0n) is 11.4. The molecular weight excluding hydrogens is 206 g/mol. The van der Waals surface area contributed by atoms with E-state index >= 15 is 0 Å². The van der Waals surface area contributed by atoms with Crippen molar-refractivity contribution in [3.05, 3.63) is 41.5 Å². The Hall–Kier alpha value is -1.08. The van der Waals surface area contributed by atoms with E-state index in [0.717, 1.165) is 6.42 Å². The molecule has 1 rings (SSSR count). The Labute approximate surface area is 106 Å². The highest BCUT2D eigenvalue weighted by Crippen LogP contribution is 2.16. The van der Waals surface area contributed by atoms with Crippen LogP contribution in [0.2, 0.25) is 0 Å². The van der Waals surface area contributed by atoms with Gasteiger partial charge in [-0.3, -0.25) is 0 Å². The van der Waals surface area contributed by atoms with Gasteiger partial charge in [-0.2, -0.15) is 0 Å². The molecule has 0 heterocycles. The van der Waals surface area contributed by atoms with Gasteiger partial charge in [-0.15, -0.1) is 0 Å². The summed E-state index contributed by atoms with van der Waals surface area (Å²) in [5.41, 5.74) is 9.82. The van der Waals surface area contributed by atoms with E-state index in [4.69, 9.17) is 5.73 Å². The van der Waals surface area contributed by atoms with Crippen molar-refractivity contribution in [3.8, 4) is 0 Å². The normalized spacial score (nSPS) is 13.8. The van der Waals surface area contributed by atoms with Crippen LogP contribution >= 0.6 is 0 Å². The average molecular weight is 231 g/mol. The molecule has 0 fully saturated rings. The quantitative estimate of drug-likeness (QED) is 0.731. The van der Waals surface area contributed by atoms with Gasteiger partial charge < -0.3 is 5.73 Å². The first-order chi connectivity index (χ1) is 8.13. The SMILES string of the molecule is CCCCC=C(C)c1ccc(C[C@@H](C)N)cc1. The summed E-state index contributed by atoms with van der Waals surface area (Å²) >= 11 is 0. The predicted molar refractivity (Wildman–Crippen MR) is 77.0 cm³/mol. The van der Waals surface area contributed by atoms with E-state index in [1.165, 1.54) is 36.0 Å². The summed E-state index contributed by atoms with van der Waals surface area (Å²) in [6.07, 6.45) is 7.02. The van der Waals surface area contributed by atoms with Crippen molar-refractivity contribution in [3.63, 3.8) is 0 Å². The molecule has 0 amide bonds. The molecule has 0 aromatic heterocycles. The van der Waals surface area contributed by atoms with Crippen LogP contribution in [0.3, 0.4) is 0 Å². The number of allylic oxidation sites excluding steroid dienone is 2. The van der Waals surface area contributed by atoms with Crippen molar-refractivity contribution in [1.82, 2.24) is 0 Å². The Morgan fingerprint density at radius 2 is 1.94 bits per heavy atom. The highest BCUT2D eigenvalue weighted by Gasteiger charge is 1.99. The number of rotatable bonds is 6. The Morgan fingerprint density at radius 1 is 1.29 bits per heavy atom. The maximum Gasteiger partial charge on any atom is 0.00509 e. The van der Waals surface area contributed by atoms with Crippen LogP contribution in [0.15, 0.2) is 30.3 Å². The summed E-state index contributed by atoms with van der Waals surface area (Å²) in [4.78, 5) is 0. The second-order valence-electron chi connectivity index (χ2n) is 4.91. The van der Waals surface area contributed by atoms with Crippen LogP contribution in [0, 0.1) is 0 Å². The van der Waals surface area contributed by atoms with Crippen molar-refractivity contribution in [2.24, 2.45) is 5.73 Å². The van der Waals surface area contributed by atoms with Crippen molar-refractivity contribution in [2.75, 3.05) is 0 Å². The van der Waals surface area contributed by atoms with Gasteiger partial charge in [0.05, 0.1) is 0 Å². The van der Waals surface area contributed by atoms with E-state index in [-0.39, 0.29) is 6.04 Å². The highest BCUT2D eigenvalue weighted by molar-refractivity contribution is 5.63. The second-order valence-corrected chi connectivity index (χ2v) is 4.91. The summed E-state index contributed by atoms with van der Waals surface area (Å²) in [5.74, 6) is 0. The van der Waals surface area contributed by atoms with Crippen LogP contribution in [-0.4, -0.2) is 6.04 Å². The third-order valence-corrected chi connectivity index (χ3v) is 2.98. The summed E-state index contributed by atoms with van der Waals surface area (Å²) in [6, 6.07) is 9.03. The summed E-state index contributed by atoms with van der Waals surface area (Å²) in [7, 11) is 0. The van der Waals surface area contributed by atoms with E-state index in [9.17, 15) is 0 Å². The first kappa shape index (κ1) is 14.0.